The van der Waals surface area contributed by atoms with Crippen molar-refractivity contribution in [2.24, 2.45) is 0 Å². The first kappa shape index (κ1) is 23.3. The zero-order valence-electron chi connectivity index (χ0n) is 16.6. The third-order valence-corrected chi connectivity index (χ3v) is 7.64. The Kier molecular flexibility index (Phi) is 7.13. The Hall–Kier alpha value is -3.41. The molecule has 1 atom stereocenters. The number of sulfone groups is 1. The van der Waals surface area contributed by atoms with Crippen LogP contribution in [0.1, 0.15) is 11.1 Å². The summed E-state index contributed by atoms with van der Waals surface area (Å²) in [5.41, 5.74) is 0.161. The number of hydrogen-bond donors (Lipinski definition) is 2. The maximum Gasteiger partial charge on any atom is 0.332 e. The average Bonchev–Trinajstić information content (AvgIpc) is 3.23. The number of ether oxygens (including phenoxy) is 1. The molecule has 0 fully saturated rings. The second-order valence-corrected chi connectivity index (χ2v) is 9.53. The monoisotopic (exact) mass is 476 g/mol. The van der Waals surface area contributed by atoms with Gasteiger partial charge in [-0.1, -0.05) is 18.2 Å². The van der Waals surface area contributed by atoms with Gasteiger partial charge in [0.2, 0.25) is 9.84 Å². The predicted octanol–water partition coefficient (Wildman–Crippen LogP) is 3.18. The number of carbonyl (C=O) groups is 2. The number of nitrogens with one attached hydrogen (secondary N) is 1. The van der Waals surface area contributed by atoms with Crippen molar-refractivity contribution >= 4 is 33.1 Å². The summed E-state index contributed by atoms with van der Waals surface area (Å²) in [7, 11) is -2.61. The number of carboxylic acids is 1. The van der Waals surface area contributed by atoms with Crippen molar-refractivity contribution < 1.29 is 32.2 Å². The molecule has 0 bridgehead atoms. The molecule has 3 aromatic rings. The van der Waals surface area contributed by atoms with Crippen molar-refractivity contribution in [1.82, 2.24) is 10.3 Å². The van der Waals surface area contributed by atoms with Gasteiger partial charge in [-0.2, -0.15) is 0 Å². The molecule has 2 heterocycles. The Morgan fingerprint density at radius 3 is 2.56 bits per heavy atom. The molecule has 0 spiro atoms. The van der Waals surface area contributed by atoms with Crippen LogP contribution in [0.5, 0.6) is 0 Å². The second kappa shape index (κ2) is 9.81. The maximum absolute atomic E-state index is 14.6. The summed E-state index contributed by atoms with van der Waals surface area (Å²) in [6.07, 6.45) is 2.86. The quantitative estimate of drug-likeness (QED) is 0.289. The number of rotatable bonds is 8. The summed E-state index contributed by atoms with van der Waals surface area (Å²) in [6, 6.07) is 9.97. The fourth-order valence-electron chi connectivity index (χ4n) is 2.76. The summed E-state index contributed by atoms with van der Waals surface area (Å²) in [4.78, 5) is 26.6. The zero-order chi connectivity index (χ0) is 23.3. The fourth-order valence-corrected chi connectivity index (χ4v) is 5.84. The van der Waals surface area contributed by atoms with Crippen molar-refractivity contribution in [1.29, 1.82) is 0 Å². The van der Waals surface area contributed by atoms with Crippen molar-refractivity contribution in [2.75, 3.05) is 7.05 Å². The summed E-state index contributed by atoms with van der Waals surface area (Å²) in [5.74, 6) is -2.91. The Balaban J connectivity index is 2.12. The summed E-state index contributed by atoms with van der Waals surface area (Å²) < 4.78 is 46.2. The average molecular weight is 477 g/mol. The number of carbonyl (C=O) groups excluding carboxylic acids is 1. The molecule has 0 radical (unpaired) electrons. The SMILES string of the molecule is CNC(OC(=O)/C=C/C(=O)O)c1cc(-c2ccccc2F)c(S(=O)(=O)c2cccnc2)s1. The van der Waals surface area contributed by atoms with Crippen LogP contribution in [-0.4, -0.2) is 37.5 Å². The van der Waals surface area contributed by atoms with E-state index in [1.54, 1.807) is 6.07 Å². The maximum atomic E-state index is 14.6. The van der Waals surface area contributed by atoms with Crippen molar-refractivity contribution in [3.8, 4) is 11.1 Å². The molecule has 0 saturated carbocycles. The minimum absolute atomic E-state index is 0.0596. The molecule has 2 N–H and O–H groups in total. The van der Waals surface area contributed by atoms with Crippen molar-refractivity contribution in [3.63, 3.8) is 0 Å². The highest BCUT2D eigenvalue weighted by atomic mass is 32.2. The van der Waals surface area contributed by atoms with Gasteiger partial charge in [-0.05, 0) is 31.3 Å². The highest BCUT2D eigenvalue weighted by Crippen LogP contribution is 2.41. The minimum atomic E-state index is -4.08. The van der Waals surface area contributed by atoms with Crippen molar-refractivity contribution in [2.45, 2.75) is 15.3 Å². The van der Waals surface area contributed by atoms with Gasteiger partial charge in [0.15, 0.2) is 6.23 Å². The Morgan fingerprint density at radius 1 is 1.19 bits per heavy atom. The van der Waals surface area contributed by atoms with Crippen LogP contribution in [0.3, 0.4) is 0 Å². The molecule has 0 amide bonds. The van der Waals surface area contributed by atoms with Gasteiger partial charge in [0.1, 0.15) is 10.0 Å². The van der Waals surface area contributed by atoms with Crippen LogP contribution in [-0.2, 0) is 24.2 Å². The van der Waals surface area contributed by atoms with Crippen LogP contribution in [0.4, 0.5) is 4.39 Å². The lowest BCUT2D eigenvalue weighted by Crippen LogP contribution is -2.21. The van der Waals surface area contributed by atoms with Crippen LogP contribution in [0.15, 0.2) is 76.1 Å². The Morgan fingerprint density at radius 2 is 1.94 bits per heavy atom. The summed E-state index contributed by atoms with van der Waals surface area (Å²) in [6.45, 7) is 0. The first-order valence-electron chi connectivity index (χ1n) is 9.06. The minimum Gasteiger partial charge on any atom is -0.478 e. The number of carboxylic acid groups (broad SMARTS) is 1. The van der Waals surface area contributed by atoms with E-state index in [9.17, 15) is 22.4 Å². The molecule has 1 unspecified atom stereocenters. The molecule has 2 aromatic heterocycles. The van der Waals surface area contributed by atoms with Crippen LogP contribution >= 0.6 is 11.3 Å². The number of pyridine rings is 1. The van der Waals surface area contributed by atoms with E-state index in [2.05, 4.69) is 10.3 Å². The first-order valence-corrected chi connectivity index (χ1v) is 11.4. The smallest absolute Gasteiger partial charge is 0.332 e. The first-order chi connectivity index (χ1) is 15.2. The molecule has 8 nitrogen and oxygen atoms in total. The van der Waals surface area contributed by atoms with E-state index in [0.717, 1.165) is 17.4 Å². The van der Waals surface area contributed by atoms with Gasteiger partial charge in [-0.15, -0.1) is 11.3 Å². The molecule has 0 aliphatic carbocycles. The van der Waals surface area contributed by atoms with Gasteiger partial charge in [-0.25, -0.2) is 22.4 Å². The number of nitrogens with zero attached hydrogens (tertiary/aromatic N) is 1. The number of aliphatic carboxylic acids is 1. The standard InChI is InChI=1S/C21H17FN2O6S2/c1-23-20(30-19(27)9-8-18(25)26)17-11-15(14-6-2-3-7-16(14)22)21(31-17)32(28,29)13-5-4-10-24-12-13/h2-12,20,23H,1H3,(H,25,26)/b9-8+. The van der Waals surface area contributed by atoms with E-state index in [-0.39, 0.29) is 25.1 Å². The van der Waals surface area contributed by atoms with Gasteiger partial charge in [0.25, 0.3) is 0 Å². The number of halogens is 1. The van der Waals surface area contributed by atoms with Crippen LogP contribution in [0.25, 0.3) is 11.1 Å². The van der Waals surface area contributed by atoms with E-state index in [4.69, 9.17) is 9.84 Å². The van der Waals surface area contributed by atoms with Crippen molar-refractivity contribution in [3.05, 3.63) is 77.7 Å². The Labute approximate surface area is 186 Å². The number of aromatic nitrogens is 1. The van der Waals surface area contributed by atoms with Crippen LogP contribution in [0, 0.1) is 5.82 Å². The van der Waals surface area contributed by atoms with Crippen LogP contribution < -0.4 is 5.32 Å². The molecular weight excluding hydrogens is 459 g/mol. The topological polar surface area (TPSA) is 123 Å². The van der Waals surface area contributed by atoms with Gasteiger partial charge in [-0.3, -0.25) is 10.3 Å². The second-order valence-electron chi connectivity index (χ2n) is 6.30. The lowest BCUT2D eigenvalue weighted by atomic mass is 10.1. The van der Waals surface area contributed by atoms with Gasteiger partial charge < -0.3 is 9.84 Å². The van der Waals surface area contributed by atoms with E-state index >= 15 is 0 Å². The molecular formula is C21H17FN2O6S2. The Bertz CT molecular complexity index is 1270. The van der Waals surface area contributed by atoms with E-state index in [0.29, 0.717) is 6.08 Å². The van der Waals surface area contributed by atoms with E-state index in [1.165, 1.54) is 55.8 Å². The summed E-state index contributed by atoms with van der Waals surface area (Å²) >= 11 is 0.801. The lowest BCUT2D eigenvalue weighted by Gasteiger charge is -2.14. The number of esters is 1. The molecule has 32 heavy (non-hydrogen) atoms. The third-order valence-electron chi connectivity index (χ3n) is 4.19. The molecule has 0 saturated heterocycles. The molecule has 166 valence electrons. The highest BCUT2D eigenvalue weighted by molar-refractivity contribution is 7.93. The number of hydrogen-bond acceptors (Lipinski definition) is 8. The van der Waals surface area contributed by atoms with Gasteiger partial charge in [0, 0.05) is 35.7 Å². The lowest BCUT2D eigenvalue weighted by molar-refractivity contribution is -0.145. The van der Waals surface area contributed by atoms with Gasteiger partial charge >= 0.3 is 11.9 Å². The summed E-state index contributed by atoms with van der Waals surface area (Å²) in [5, 5.41) is 11.4. The molecule has 0 aliphatic heterocycles. The molecule has 1 aromatic carbocycles. The zero-order valence-corrected chi connectivity index (χ0v) is 18.2. The third kappa shape index (κ3) is 5.07. The largest absolute Gasteiger partial charge is 0.478 e. The van der Waals surface area contributed by atoms with Crippen LogP contribution in [0.2, 0.25) is 0 Å². The fraction of sp³-hybridized carbons (Fsp3) is 0.0952. The number of thiophene rings is 1. The normalized spacial score (nSPS) is 12.6. The van der Waals surface area contributed by atoms with Gasteiger partial charge in [0.05, 0.1) is 9.77 Å². The molecule has 0 aliphatic rings. The van der Waals surface area contributed by atoms with E-state index < -0.39 is 33.8 Å². The highest BCUT2D eigenvalue weighted by Gasteiger charge is 2.29. The predicted molar refractivity (Wildman–Crippen MR) is 114 cm³/mol. The van der Waals surface area contributed by atoms with E-state index in [1.807, 2.05) is 0 Å². The molecule has 3 rings (SSSR count). The molecule has 11 heteroatoms. The number of benzene rings is 1.